The molecule has 0 aromatic heterocycles. The SMILES string of the molecule is Cc1cccc(C(CN)C(O)CC2CCC2)c1. The van der Waals surface area contributed by atoms with Gasteiger partial charge in [0.25, 0.3) is 0 Å². The molecule has 2 heteroatoms. The molecular formula is C15H23NO. The molecule has 1 aliphatic rings. The number of aliphatic hydroxyl groups excluding tert-OH is 1. The van der Waals surface area contributed by atoms with E-state index in [4.69, 9.17) is 5.73 Å². The first kappa shape index (κ1) is 12.6. The van der Waals surface area contributed by atoms with Crippen LogP contribution in [-0.2, 0) is 0 Å². The average molecular weight is 233 g/mol. The molecule has 0 bridgehead atoms. The molecule has 94 valence electrons. The third kappa shape index (κ3) is 3.08. The molecule has 2 unspecified atom stereocenters. The predicted molar refractivity (Wildman–Crippen MR) is 70.9 cm³/mol. The highest BCUT2D eigenvalue weighted by atomic mass is 16.3. The van der Waals surface area contributed by atoms with E-state index in [0.717, 1.165) is 12.3 Å². The van der Waals surface area contributed by atoms with Crippen LogP contribution in [0.15, 0.2) is 24.3 Å². The van der Waals surface area contributed by atoms with Gasteiger partial charge in [-0.3, -0.25) is 0 Å². The van der Waals surface area contributed by atoms with E-state index in [1.807, 2.05) is 6.07 Å². The Kier molecular flexibility index (Phi) is 4.19. The minimum Gasteiger partial charge on any atom is -0.392 e. The van der Waals surface area contributed by atoms with E-state index in [-0.39, 0.29) is 12.0 Å². The maximum Gasteiger partial charge on any atom is 0.0623 e. The Labute approximate surface area is 104 Å². The Balaban J connectivity index is 2.03. The second kappa shape index (κ2) is 5.65. The van der Waals surface area contributed by atoms with Crippen LogP contribution < -0.4 is 5.73 Å². The maximum atomic E-state index is 10.3. The van der Waals surface area contributed by atoms with E-state index in [2.05, 4.69) is 25.1 Å². The highest BCUT2D eigenvalue weighted by molar-refractivity contribution is 5.26. The monoisotopic (exact) mass is 233 g/mol. The van der Waals surface area contributed by atoms with Gasteiger partial charge in [-0.25, -0.2) is 0 Å². The van der Waals surface area contributed by atoms with Crippen LogP contribution in [-0.4, -0.2) is 17.8 Å². The molecule has 1 saturated carbocycles. The summed E-state index contributed by atoms with van der Waals surface area (Å²) in [6.07, 6.45) is 4.52. The fraction of sp³-hybridized carbons (Fsp3) is 0.600. The molecule has 0 heterocycles. The smallest absolute Gasteiger partial charge is 0.0623 e. The lowest BCUT2D eigenvalue weighted by Crippen LogP contribution is -2.29. The third-order valence-corrected chi connectivity index (χ3v) is 3.99. The summed E-state index contributed by atoms with van der Waals surface area (Å²) in [6.45, 7) is 2.60. The van der Waals surface area contributed by atoms with Crippen LogP contribution in [0.2, 0.25) is 0 Å². The lowest BCUT2D eigenvalue weighted by Gasteiger charge is -2.31. The minimum absolute atomic E-state index is 0.0931. The zero-order valence-corrected chi connectivity index (χ0v) is 10.6. The highest BCUT2D eigenvalue weighted by Gasteiger charge is 2.26. The van der Waals surface area contributed by atoms with Gasteiger partial charge in [0.2, 0.25) is 0 Å². The van der Waals surface area contributed by atoms with Gasteiger partial charge in [0.15, 0.2) is 0 Å². The molecule has 2 nitrogen and oxygen atoms in total. The van der Waals surface area contributed by atoms with E-state index in [1.54, 1.807) is 0 Å². The number of nitrogens with two attached hydrogens (primary N) is 1. The molecule has 1 aromatic rings. The molecule has 0 saturated heterocycles. The Bertz CT molecular complexity index is 360. The first-order valence-corrected chi connectivity index (χ1v) is 6.65. The topological polar surface area (TPSA) is 46.2 Å². The van der Waals surface area contributed by atoms with E-state index in [0.29, 0.717) is 6.54 Å². The van der Waals surface area contributed by atoms with Gasteiger partial charge in [-0.05, 0) is 24.8 Å². The maximum absolute atomic E-state index is 10.3. The summed E-state index contributed by atoms with van der Waals surface area (Å²) in [6, 6.07) is 8.34. The summed E-state index contributed by atoms with van der Waals surface area (Å²) in [4.78, 5) is 0. The van der Waals surface area contributed by atoms with Crippen molar-refractivity contribution < 1.29 is 5.11 Å². The zero-order valence-electron chi connectivity index (χ0n) is 10.6. The summed E-state index contributed by atoms with van der Waals surface area (Å²) < 4.78 is 0. The number of benzene rings is 1. The Morgan fingerprint density at radius 1 is 1.41 bits per heavy atom. The molecule has 2 rings (SSSR count). The van der Waals surface area contributed by atoms with Gasteiger partial charge in [-0.1, -0.05) is 49.1 Å². The molecule has 0 radical (unpaired) electrons. The molecule has 17 heavy (non-hydrogen) atoms. The van der Waals surface area contributed by atoms with Gasteiger partial charge < -0.3 is 10.8 Å². The summed E-state index contributed by atoms with van der Waals surface area (Å²) in [7, 11) is 0. The predicted octanol–water partition coefficient (Wildman–Crippen LogP) is 2.59. The van der Waals surface area contributed by atoms with Gasteiger partial charge in [0, 0.05) is 12.5 Å². The fourth-order valence-electron chi connectivity index (χ4n) is 2.65. The van der Waals surface area contributed by atoms with Crippen LogP contribution in [0.5, 0.6) is 0 Å². The van der Waals surface area contributed by atoms with Gasteiger partial charge in [-0.15, -0.1) is 0 Å². The number of aryl methyl sites for hydroxylation is 1. The summed E-state index contributed by atoms with van der Waals surface area (Å²) >= 11 is 0. The molecule has 0 aliphatic heterocycles. The zero-order chi connectivity index (χ0) is 12.3. The fourth-order valence-corrected chi connectivity index (χ4v) is 2.65. The van der Waals surface area contributed by atoms with Gasteiger partial charge >= 0.3 is 0 Å². The number of hydrogen-bond acceptors (Lipinski definition) is 2. The second-order valence-corrected chi connectivity index (χ2v) is 5.36. The largest absolute Gasteiger partial charge is 0.392 e. The van der Waals surface area contributed by atoms with Crippen molar-refractivity contribution in [3.8, 4) is 0 Å². The Morgan fingerprint density at radius 2 is 2.18 bits per heavy atom. The van der Waals surface area contributed by atoms with Gasteiger partial charge in [0.1, 0.15) is 0 Å². The van der Waals surface area contributed by atoms with Crippen molar-refractivity contribution in [2.24, 2.45) is 11.7 Å². The van der Waals surface area contributed by atoms with Crippen LogP contribution in [0.25, 0.3) is 0 Å². The first-order valence-electron chi connectivity index (χ1n) is 6.65. The highest BCUT2D eigenvalue weighted by Crippen LogP contribution is 2.33. The van der Waals surface area contributed by atoms with Crippen molar-refractivity contribution in [3.05, 3.63) is 35.4 Å². The van der Waals surface area contributed by atoms with Crippen molar-refractivity contribution in [3.63, 3.8) is 0 Å². The third-order valence-electron chi connectivity index (χ3n) is 3.99. The van der Waals surface area contributed by atoms with Crippen LogP contribution >= 0.6 is 0 Å². The first-order chi connectivity index (χ1) is 8.20. The van der Waals surface area contributed by atoms with Crippen LogP contribution in [0.4, 0.5) is 0 Å². The molecule has 2 atom stereocenters. The quantitative estimate of drug-likeness (QED) is 0.821. The van der Waals surface area contributed by atoms with Crippen LogP contribution in [0.1, 0.15) is 42.7 Å². The summed E-state index contributed by atoms with van der Waals surface area (Å²) in [5, 5.41) is 10.3. The number of aliphatic hydroxyl groups is 1. The summed E-state index contributed by atoms with van der Waals surface area (Å²) in [5.41, 5.74) is 8.24. The molecule has 1 aromatic carbocycles. The van der Waals surface area contributed by atoms with Crippen LogP contribution in [0.3, 0.4) is 0 Å². The molecule has 3 N–H and O–H groups in total. The molecule has 1 aliphatic carbocycles. The molecule has 1 fully saturated rings. The Morgan fingerprint density at radius 3 is 2.71 bits per heavy atom. The number of hydrogen-bond donors (Lipinski definition) is 2. The van der Waals surface area contributed by atoms with E-state index in [1.165, 1.54) is 30.4 Å². The second-order valence-electron chi connectivity index (χ2n) is 5.36. The van der Waals surface area contributed by atoms with E-state index in [9.17, 15) is 5.11 Å². The van der Waals surface area contributed by atoms with Crippen LogP contribution in [0, 0.1) is 12.8 Å². The van der Waals surface area contributed by atoms with Gasteiger partial charge in [-0.2, -0.15) is 0 Å². The normalized spacial score (nSPS) is 19.7. The van der Waals surface area contributed by atoms with Crippen molar-refractivity contribution in [2.45, 2.75) is 44.6 Å². The number of rotatable bonds is 5. The molecular weight excluding hydrogens is 210 g/mol. The van der Waals surface area contributed by atoms with Crippen molar-refractivity contribution in [2.75, 3.05) is 6.54 Å². The average Bonchev–Trinajstić information content (AvgIpc) is 2.25. The van der Waals surface area contributed by atoms with E-state index < -0.39 is 0 Å². The minimum atomic E-state index is -0.285. The van der Waals surface area contributed by atoms with Crippen molar-refractivity contribution in [1.29, 1.82) is 0 Å². The summed E-state index contributed by atoms with van der Waals surface area (Å²) in [5.74, 6) is 0.819. The van der Waals surface area contributed by atoms with Crippen molar-refractivity contribution >= 4 is 0 Å². The lowest BCUT2D eigenvalue weighted by molar-refractivity contribution is 0.0951. The van der Waals surface area contributed by atoms with Gasteiger partial charge in [0.05, 0.1) is 6.10 Å². The Hall–Kier alpha value is -0.860. The lowest BCUT2D eigenvalue weighted by atomic mass is 9.78. The standard InChI is InChI=1S/C15H23NO/c1-11-4-2-7-13(8-11)14(10-16)15(17)9-12-5-3-6-12/h2,4,7-8,12,14-15,17H,3,5-6,9-10,16H2,1H3. The van der Waals surface area contributed by atoms with E-state index >= 15 is 0 Å². The molecule has 0 spiro atoms. The van der Waals surface area contributed by atoms with Crippen molar-refractivity contribution in [1.82, 2.24) is 0 Å². The molecule has 0 amide bonds.